The maximum atomic E-state index is 10.8. The van der Waals surface area contributed by atoms with Crippen LogP contribution in [-0.2, 0) is 6.54 Å². The molecule has 18 heavy (non-hydrogen) atoms. The van der Waals surface area contributed by atoms with Gasteiger partial charge in [0.05, 0.1) is 5.69 Å². The molecule has 0 saturated carbocycles. The van der Waals surface area contributed by atoms with Crippen molar-refractivity contribution in [3.63, 3.8) is 0 Å². The van der Waals surface area contributed by atoms with E-state index < -0.39 is 5.97 Å². The summed E-state index contributed by atoms with van der Waals surface area (Å²) in [6.45, 7) is 5.65. The molecule has 5 nitrogen and oxygen atoms in total. The molecule has 0 bridgehead atoms. The van der Waals surface area contributed by atoms with Gasteiger partial charge in [0.2, 0.25) is 0 Å². The lowest BCUT2D eigenvalue weighted by Crippen LogP contribution is -2.46. The minimum Gasteiger partial charge on any atom is -0.477 e. The van der Waals surface area contributed by atoms with E-state index in [0.29, 0.717) is 6.54 Å². The molecule has 1 aromatic heterocycles. The van der Waals surface area contributed by atoms with Gasteiger partial charge in [-0.2, -0.15) is 0 Å². The summed E-state index contributed by atoms with van der Waals surface area (Å²) in [6.07, 6.45) is 0. The Morgan fingerprint density at radius 1 is 1.44 bits per heavy atom. The van der Waals surface area contributed by atoms with E-state index in [1.807, 2.05) is 20.2 Å². The maximum absolute atomic E-state index is 10.8. The molecular formula is C13H21N3O2. The molecule has 2 N–H and O–H groups in total. The Morgan fingerprint density at radius 2 is 2.11 bits per heavy atom. The summed E-state index contributed by atoms with van der Waals surface area (Å²) in [7, 11) is 4.07. The van der Waals surface area contributed by atoms with Crippen molar-refractivity contribution in [1.29, 1.82) is 0 Å². The van der Waals surface area contributed by atoms with E-state index in [1.54, 1.807) is 6.07 Å². The van der Waals surface area contributed by atoms with E-state index in [2.05, 4.69) is 29.0 Å². The minimum atomic E-state index is -0.995. The molecule has 0 amide bonds. The van der Waals surface area contributed by atoms with Gasteiger partial charge in [0.15, 0.2) is 0 Å². The minimum absolute atomic E-state index is 0.0460. The molecule has 0 aliphatic heterocycles. The number of nitrogens with one attached hydrogen (secondary N) is 1. The zero-order valence-corrected chi connectivity index (χ0v) is 11.4. The number of pyridine rings is 1. The molecular weight excluding hydrogens is 230 g/mol. The van der Waals surface area contributed by atoms with Crippen LogP contribution in [0.5, 0.6) is 0 Å². The van der Waals surface area contributed by atoms with Gasteiger partial charge in [-0.25, -0.2) is 9.78 Å². The van der Waals surface area contributed by atoms with Gasteiger partial charge in [-0.1, -0.05) is 6.07 Å². The number of hydrogen-bond acceptors (Lipinski definition) is 4. The number of aromatic nitrogens is 1. The number of nitrogens with zero attached hydrogens (tertiary/aromatic N) is 2. The molecule has 0 aliphatic rings. The van der Waals surface area contributed by atoms with Gasteiger partial charge in [0.25, 0.3) is 0 Å². The zero-order chi connectivity index (χ0) is 13.8. The predicted octanol–water partition coefficient (Wildman–Crippen LogP) is 1.21. The first-order valence-electron chi connectivity index (χ1n) is 5.90. The van der Waals surface area contributed by atoms with Crippen LogP contribution in [0.15, 0.2) is 18.2 Å². The van der Waals surface area contributed by atoms with E-state index in [9.17, 15) is 4.79 Å². The van der Waals surface area contributed by atoms with Crippen molar-refractivity contribution >= 4 is 5.97 Å². The largest absolute Gasteiger partial charge is 0.477 e. The van der Waals surface area contributed by atoms with Gasteiger partial charge in [0, 0.05) is 18.6 Å². The summed E-state index contributed by atoms with van der Waals surface area (Å²) in [5.74, 6) is -0.995. The highest BCUT2D eigenvalue weighted by Crippen LogP contribution is 2.08. The van der Waals surface area contributed by atoms with Crippen molar-refractivity contribution in [1.82, 2.24) is 15.2 Å². The van der Waals surface area contributed by atoms with Crippen molar-refractivity contribution in [3.8, 4) is 0 Å². The third-order valence-corrected chi connectivity index (χ3v) is 3.10. The maximum Gasteiger partial charge on any atom is 0.354 e. The molecule has 0 spiro atoms. The van der Waals surface area contributed by atoms with Crippen molar-refractivity contribution in [3.05, 3.63) is 29.6 Å². The summed E-state index contributed by atoms with van der Waals surface area (Å²) >= 11 is 0. The number of aromatic carboxylic acids is 1. The molecule has 1 aromatic rings. The first-order chi connectivity index (χ1) is 8.33. The number of carboxylic acid groups (broad SMARTS) is 1. The Morgan fingerprint density at radius 3 is 2.67 bits per heavy atom. The van der Waals surface area contributed by atoms with E-state index >= 15 is 0 Å². The van der Waals surface area contributed by atoms with Gasteiger partial charge in [0.1, 0.15) is 5.69 Å². The fourth-order valence-electron chi connectivity index (χ4n) is 1.35. The van der Waals surface area contributed by atoms with Crippen LogP contribution in [0.3, 0.4) is 0 Å². The molecule has 0 aromatic carbocycles. The van der Waals surface area contributed by atoms with Gasteiger partial charge in [-0.05, 0) is 40.1 Å². The van der Waals surface area contributed by atoms with Gasteiger partial charge < -0.3 is 15.3 Å². The fraction of sp³-hybridized carbons (Fsp3) is 0.538. The molecule has 0 aliphatic carbocycles. The van der Waals surface area contributed by atoms with E-state index in [1.165, 1.54) is 6.07 Å². The number of likely N-dealkylation sites (N-methyl/N-ethyl adjacent to an activating group) is 1. The number of hydrogen-bond donors (Lipinski definition) is 2. The van der Waals surface area contributed by atoms with Crippen LogP contribution in [0.25, 0.3) is 0 Å². The predicted molar refractivity (Wildman–Crippen MR) is 70.7 cm³/mol. The standard InChI is InChI=1S/C13H21N3O2/c1-13(2,16(3)4)9-14-8-10-6-5-7-11(15-10)12(17)18/h5-7,14H,8-9H2,1-4H3,(H,17,18). The molecule has 0 unspecified atom stereocenters. The van der Waals surface area contributed by atoms with Crippen LogP contribution in [0, 0.1) is 0 Å². The van der Waals surface area contributed by atoms with E-state index in [4.69, 9.17) is 5.11 Å². The number of rotatable bonds is 6. The summed E-state index contributed by atoms with van der Waals surface area (Å²) in [5.41, 5.74) is 0.871. The smallest absolute Gasteiger partial charge is 0.354 e. The summed E-state index contributed by atoms with van der Waals surface area (Å²) < 4.78 is 0. The summed E-state index contributed by atoms with van der Waals surface area (Å²) in [6, 6.07) is 5.03. The lowest BCUT2D eigenvalue weighted by atomic mass is 10.0. The van der Waals surface area contributed by atoms with Gasteiger partial charge in [-0.3, -0.25) is 0 Å². The average Bonchev–Trinajstić information content (AvgIpc) is 2.29. The van der Waals surface area contributed by atoms with E-state index in [0.717, 1.165) is 12.2 Å². The second kappa shape index (κ2) is 5.93. The topological polar surface area (TPSA) is 65.5 Å². The monoisotopic (exact) mass is 251 g/mol. The Bertz CT molecular complexity index is 416. The molecule has 5 heteroatoms. The molecule has 0 radical (unpaired) electrons. The molecule has 0 saturated heterocycles. The highest BCUT2D eigenvalue weighted by atomic mass is 16.4. The normalized spacial score (nSPS) is 11.8. The third-order valence-electron chi connectivity index (χ3n) is 3.10. The highest BCUT2D eigenvalue weighted by Gasteiger charge is 2.19. The number of carboxylic acids is 1. The van der Waals surface area contributed by atoms with Crippen LogP contribution >= 0.6 is 0 Å². The first kappa shape index (κ1) is 14.6. The van der Waals surface area contributed by atoms with Crippen LogP contribution in [0.1, 0.15) is 30.0 Å². The van der Waals surface area contributed by atoms with Crippen molar-refractivity contribution in [2.45, 2.75) is 25.9 Å². The average molecular weight is 251 g/mol. The Kier molecular flexibility index (Phi) is 4.81. The van der Waals surface area contributed by atoms with Crippen LogP contribution in [0.4, 0.5) is 0 Å². The van der Waals surface area contributed by atoms with Crippen LogP contribution in [-0.4, -0.2) is 47.1 Å². The van der Waals surface area contributed by atoms with Crippen molar-refractivity contribution in [2.24, 2.45) is 0 Å². The van der Waals surface area contributed by atoms with Gasteiger partial charge >= 0.3 is 5.97 Å². The zero-order valence-electron chi connectivity index (χ0n) is 11.4. The lowest BCUT2D eigenvalue weighted by molar-refractivity contribution is 0.0690. The Hall–Kier alpha value is -1.46. The summed E-state index contributed by atoms with van der Waals surface area (Å²) in [4.78, 5) is 17.0. The molecule has 0 fully saturated rings. The first-order valence-corrected chi connectivity index (χ1v) is 5.90. The lowest BCUT2D eigenvalue weighted by Gasteiger charge is -2.32. The van der Waals surface area contributed by atoms with Crippen molar-refractivity contribution < 1.29 is 9.90 Å². The third kappa shape index (κ3) is 4.09. The van der Waals surface area contributed by atoms with Crippen LogP contribution < -0.4 is 5.32 Å². The quantitative estimate of drug-likeness (QED) is 0.795. The molecule has 0 atom stereocenters. The second-order valence-electron chi connectivity index (χ2n) is 5.13. The highest BCUT2D eigenvalue weighted by molar-refractivity contribution is 5.85. The Balaban J connectivity index is 2.54. The number of carbonyl (C=O) groups is 1. The second-order valence-corrected chi connectivity index (χ2v) is 5.13. The molecule has 1 rings (SSSR count). The SMILES string of the molecule is CN(C)C(C)(C)CNCc1cccc(C(=O)O)n1. The summed E-state index contributed by atoms with van der Waals surface area (Å²) in [5, 5.41) is 12.1. The molecule has 1 heterocycles. The fourth-order valence-corrected chi connectivity index (χ4v) is 1.35. The van der Waals surface area contributed by atoms with E-state index in [-0.39, 0.29) is 11.2 Å². The van der Waals surface area contributed by atoms with Gasteiger partial charge in [-0.15, -0.1) is 0 Å². The van der Waals surface area contributed by atoms with Crippen LogP contribution in [0.2, 0.25) is 0 Å². The Labute approximate surface area is 108 Å². The van der Waals surface area contributed by atoms with Crippen molar-refractivity contribution in [2.75, 3.05) is 20.6 Å². The molecule has 100 valence electrons.